The number of hydrogen-bond acceptors (Lipinski definition) is 6. The molecule has 0 aliphatic heterocycles. The molecule has 0 saturated heterocycles. The standard InChI is InChI=1S/C20H28N4O4S/c1-12-10-16(6-7-17(12)21-8-9-22-29(5,27)28)24-18-11-13(2)20(26)14(3)19(18)23-15(4)25/h6-7,10-11,21-22,24,26H,8-9H2,1-5H3,(H,23,25). The van der Waals surface area contributed by atoms with E-state index in [0.29, 0.717) is 35.6 Å². The largest absolute Gasteiger partial charge is 0.507 e. The fraction of sp³-hybridized carbons (Fsp3) is 0.350. The average molecular weight is 421 g/mol. The number of phenolic OH excluding ortho intramolecular Hbond substituents is 1. The molecular formula is C20H28N4O4S. The first-order valence-corrected chi connectivity index (χ1v) is 11.0. The lowest BCUT2D eigenvalue weighted by atomic mass is 10.1. The summed E-state index contributed by atoms with van der Waals surface area (Å²) < 4.78 is 24.6. The molecule has 0 spiro atoms. The zero-order valence-electron chi connectivity index (χ0n) is 17.3. The summed E-state index contributed by atoms with van der Waals surface area (Å²) in [5.74, 6) is -0.0735. The molecular weight excluding hydrogens is 392 g/mol. The predicted octanol–water partition coefficient (Wildman–Crippen LogP) is 2.98. The molecule has 0 aliphatic carbocycles. The fourth-order valence-electron chi connectivity index (χ4n) is 2.94. The van der Waals surface area contributed by atoms with E-state index in [9.17, 15) is 18.3 Å². The van der Waals surface area contributed by atoms with Crippen molar-refractivity contribution in [2.24, 2.45) is 0 Å². The van der Waals surface area contributed by atoms with Gasteiger partial charge in [0.1, 0.15) is 5.75 Å². The van der Waals surface area contributed by atoms with Crippen LogP contribution in [0.1, 0.15) is 23.6 Å². The van der Waals surface area contributed by atoms with Gasteiger partial charge in [0.15, 0.2) is 0 Å². The number of phenols is 1. The average Bonchev–Trinajstić information content (AvgIpc) is 2.60. The number of hydrogen-bond donors (Lipinski definition) is 5. The van der Waals surface area contributed by atoms with Crippen molar-refractivity contribution in [3.63, 3.8) is 0 Å². The van der Waals surface area contributed by atoms with Crippen LogP contribution in [0, 0.1) is 20.8 Å². The van der Waals surface area contributed by atoms with Crippen molar-refractivity contribution in [3.8, 4) is 5.75 Å². The van der Waals surface area contributed by atoms with Crippen molar-refractivity contribution >= 4 is 38.7 Å². The van der Waals surface area contributed by atoms with E-state index < -0.39 is 10.0 Å². The maximum absolute atomic E-state index is 11.6. The number of carbonyl (C=O) groups is 1. The Morgan fingerprint density at radius 1 is 1.03 bits per heavy atom. The molecule has 29 heavy (non-hydrogen) atoms. The molecule has 0 radical (unpaired) electrons. The van der Waals surface area contributed by atoms with Crippen molar-refractivity contribution in [1.29, 1.82) is 0 Å². The summed E-state index contributed by atoms with van der Waals surface area (Å²) in [7, 11) is -3.20. The SMILES string of the molecule is CC(=O)Nc1c(Nc2ccc(NCCNS(C)(=O)=O)c(C)c2)cc(C)c(O)c1C. The Morgan fingerprint density at radius 2 is 1.72 bits per heavy atom. The molecule has 0 aromatic heterocycles. The lowest BCUT2D eigenvalue weighted by Gasteiger charge is -2.18. The molecule has 0 fully saturated rings. The molecule has 8 nitrogen and oxygen atoms in total. The van der Waals surface area contributed by atoms with Crippen LogP contribution in [0.15, 0.2) is 24.3 Å². The third-order valence-electron chi connectivity index (χ3n) is 4.35. The molecule has 0 atom stereocenters. The number of aromatic hydroxyl groups is 1. The molecule has 2 aromatic carbocycles. The van der Waals surface area contributed by atoms with Gasteiger partial charge in [0.25, 0.3) is 0 Å². The molecule has 5 N–H and O–H groups in total. The van der Waals surface area contributed by atoms with Gasteiger partial charge in [0.05, 0.1) is 17.6 Å². The second-order valence-electron chi connectivity index (χ2n) is 7.02. The van der Waals surface area contributed by atoms with E-state index in [-0.39, 0.29) is 11.7 Å². The highest BCUT2D eigenvalue weighted by atomic mass is 32.2. The number of rotatable bonds is 8. The highest BCUT2D eigenvalue weighted by Gasteiger charge is 2.14. The van der Waals surface area contributed by atoms with Crippen LogP contribution in [0.5, 0.6) is 5.75 Å². The molecule has 0 heterocycles. The first-order chi connectivity index (χ1) is 13.5. The molecule has 0 saturated carbocycles. The number of anilines is 4. The predicted molar refractivity (Wildman–Crippen MR) is 118 cm³/mol. The van der Waals surface area contributed by atoms with Crippen LogP contribution < -0.4 is 20.7 Å². The number of carbonyl (C=O) groups excluding carboxylic acids is 1. The fourth-order valence-corrected chi connectivity index (χ4v) is 3.41. The molecule has 9 heteroatoms. The minimum absolute atomic E-state index is 0.151. The highest BCUT2D eigenvalue weighted by Crippen LogP contribution is 2.37. The minimum atomic E-state index is -3.20. The van der Waals surface area contributed by atoms with E-state index >= 15 is 0 Å². The van der Waals surface area contributed by atoms with Gasteiger partial charge in [-0.15, -0.1) is 0 Å². The number of nitrogens with one attached hydrogen (secondary N) is 4. The molecule has 0 bridgehead atoms. The van der Waals surface area contributed by atoms with Crippen LogP contribution in [-0.4, -0.2) is 38.8 Å². The van der Waals surface area contributed by atoms with Crippen LogP contribution in [0.25, 0.3) is 0 Å². The van der Waals surface area contributed by atoms with Crippen molar-refractivity contribution in [2.45, 2.75) is 27.7 Å². The zero-order valence-corrected chi connectivity index (χ0v) is 18.1. The number of amides is 1. The van der Waals surface area contributed by atoms with Gasteiger partial charge in [0.2, 0.25) is 15.9 Å². The van der Waals surface area contributed by atoms with Gasteiger partial charge in [-0.3, -0.25) is 4.79 Å². The maximum Gasteiger partial charge on any atom is 0.221 e. The zero-order chi connectivity index (χ0) is 21.8. The Bertz CT molecular complexity index is 1020. The Labute approximate surface area is 171 Å². The lowest BCUT2D eigenvalue weighted by Crippen LogP contribution is -2.27. The van der Waals surface area contributed by atoms with E-state index in [0.717, 1.165) is 23.2 Å². The first kappa shape index (κ1) is 22.5. The van der Waals surface area contributed by atoms with E-state index in [1.807, 2.05) is 25.1 Å². The molecule has 1 amide bonds. The van der Waals surface area contributed by atoms with Crippen molar-refractivity contribution in [2.75, 3.05) is 35.3 Å². The lowest BCUT2D eigenvalue weighted by molar-refractivity contribution is -0.114. The summed E-state index contributed by atoms with van der Waals surface area (Å²) in [4.78, 5) is 11.6. The second-order valence-corrected chi connectivity index (χ2v) is 8.85. The van der Waals surface area contributed by atoms with Gasteiger partial charge >= 0.3 is 0 Å². The third-order valence-corrected chi connectivity index (χ3v) is 5.07. The first-order valence-electron chi connectivity index (χ1n) is 9.15. The summed E-state index contributed by atoms with van der Waals surface area (Å²) in [5.41, 5.74) is 5.20. The molecule has 2 rings (SSSR count). The van der Waals surface area contributed by atoms with Crippen molar-refractivity contribution < 1.29 is 18.3 Å². The van der Waals surface area contributed by atoms with E-state index in [4.69, 9.17) is 0 Å². The molecule has 2 aromatic rings. The normalized spacial score (nSPS) is 11.2. The van der Waals surface area contributed by atoms with Gasteiger partial charge in [-0.2, -0.15) is 0 Å². The molecule has 158 valence electrons. The van der Waals surface area contributed by atoms with Crippen molar-refractivity contribution in [3.05, 3.63) is 41.0 Å². The summed E-state index contributed by atoms with van der Waals surface area (Å²) in [5, 5.41) is 19.5. The summed E-state index contributed by atoms with van der Waals surface area (Å²) >= 11 is 0. The summed E-state index contributed by atoms with van der Waals surface area (Å²) in [6, 6.07) is 7.51. The van der Waals surface area contributed by atoms with Crippen LogP contribution in [0.4, 0.5) is 22.7 Å². The van der Waals surface area contributed by atoms with Crippen LogP contribution in [-0.2, 0) is 14.8 Å². The summed E-state index contributed by atoms with van der Waals surface area (Å²) in [6.07, 6.45) is 1.13. The van der Waals surface area contributed by atoms with Crippen molar-refractivity contribution in [1.82, 2.24) is 4.72 Å². The smallest absolute Gasteiger partial charge is 0.221 e. The van der Waals surface area contributed by atoms with Gasteiger partial charge < -0.3 is 21.1 Å². The van der Waals surface area contributed by atoms with E-state index in [2.05, 4.69) is 20.7 Å². The number of benzene rings is 2. The monoisotopic (exact) mass is 420 g/mol. The van der Waals surface area contributed by atoms with Crippen LogP contribution >= 0.6 is 0 Å². The topological polar surface area (TPSA) is 120 Å². The Hall–Kier alpha value is -2.78. The summed E-state index contributed by atoms with van der Waals surface area (Å²) in [6.45, 7) is 7.67. The molecule has 0 unspecified atom stereocenters. The quantitative estimate of drug-likeness (QED) is 0.331. The van der Waals surface area contributed by atoms with E-state index in [1.165, 1.54) is 6.92 Å². The van der Waals surface area contributed by atoms with E-state index in [1.54, 1.807) is 19.9 Å². The maximum atomic E-state index is 11.6. The van der Waals surface area contributed by atoms with Gasteiger partial charge in [-0.1, -0.05) is 0 Å². The number of sulfonamides is 1. The Morgan fingerprint density at radius 3 is 2.31 bits per heavy atom. The Balaban J connectivity index is 2.18. The molecule has 0 aliphatic rings. The van der Waals surface area contributed by atoms with Gasteiger partial charge in [-0.25, -0.2) is 13.1 Å². The van der Waals surface area contributed by atoms with Crippen LogP contribution in [0.2, 0.25) is 0 Å². The number of aryl methyl sites for hydroxylation is 2. The van der Waals surface area contributed by atoms with Gasteiger partial charge in [-0.05, 0) is 56.2 Å². The third kappa shape index (κ3) is 6.37. The van der Waals surface area contributed by atoms with Crippen LogP contribution in [0.3, 0.4) is 0 Å². The second kappa shape index (κ2) is 9.15. The highest BCUT2D eigenvalue weighted by molar-refractivity contribution is 7.88. The van der Waals surface area contributed by atoms with Gasteiger partial charge in [0, 0.05) is 37.0 Å². The minimum Gasteiger partial charge on any atom is -0.507 e. The Kier molecular flexibility index (Phi) is 7.10.